The van der Waals surface area contributed by atoms with E-state index in [1.807, 2.05) is 24.3 Å². The highest BCUT2D eigenvalue weighted by Crippen LogP contribution is 2.17. The zero-order valence-electron chi connectivity index (χ0n) is 29.0. The fraction of sp³-hybridized carbons (Fsp3) is 0.471. The average molecular weight is 730 g/mol. The van der Waals surface area contributed by atoms with Gasteiger partial charge < -0.3 is 53.0 Å². The van der Waals surface area contributed by atoms with E-state index in [1.54, 1.807) is 32.0 Å². The normalized spacial score (nSPS) is 13.2. The van der Waals surface area contributed by atoms with Crippen LogP contribution in [0.4, 0.5) is 0 Å². The first-order chi connectivity index (χ1) is 24.6. The number of carboxylic acid groups (broad SMARTS) is 1. The largest absolute Gasteiger partial charge is 0.481 e. The molecule has 0 saturated carbocycles. The van der Waals surface area contributed by atoms with Crippen molar-refractivity contribution >= 4 is 58.1 Å². The van der Waals surface area contributed by atoms with Crippen molar-refractivity contribution in [3.8, 4) is 0 Å². The molecule has 0 fully saturated rings. The summed E-state index contributed by atoms with van der Waals surface area (Å²) in [6, 6.07) is 6.81. The van der Waals surface area contributed by atoms with E-state index < -0.39 is 110 Å². The standard InChI is InChI=1S/C34H47N7O11/c1-19(2)30(34(52)37-17-28(46)36-12-5-13-42)41-33(51)25(18-43)40-32(50)24(16-26(35)44)39-31(49)23(38-27(45)10-11-29(47)48)15-20-8-9-21-6-3-4-7-22(21)14-20/h3-4,6-9,14,19,23-25,30,42-43H,5,10-13,15-18H2,1-2H3,(H2,35,44)(H,36,46)(H,37,52)(H,38,45)(H,39,49)(H,40,50)(H,41,51)(H,47,48)/t23?,24-,25?,30-/m0/s1. The second kappa shape index (κ2) is 21.6. The van der Waals surface area contributed by atoms with Gasteiger partial charge >= 0.3 is 5.97 Å². The van der Waals surface area contributed by atoms with Crippen molar-refractivity contribution in [2.75, 3.05) is 26.3 Å². The summed E-state index contributed by atoms with van der Waals surface area (Å²) in [7, 11) is 0. The molecule has 0 bridgehead atoms. The number of nitrogens with two attached hydrogens (primary N) is 1. The van der Waals surface area contributed by atoms with Crippen molar-refractivity contribution in [1.29, 1.82) is 0 Å². The molecule has 0 aromatic heterocycles. The van der Waals surface area contributed by atoms with Crippen LogP contribution < -0.4 is 37.6 Å². The maximum atomic E-state index is 13.6. The predicted octanol–water partition coefficient (Wildman–Crippen LogP) is -2.68. The molecule has 0 aliphatic rings. The summed E-state index contributed by atoms with van der Waals surface area (Å²) in [4.78, 5) is 100. The van der Waals surface area contributed by atoms with Gasteiger partial charge in [0, 0.05) is 26.0 Å². The smallest absolute Gasteiger partial charge is 0.303 e. The maximum Gasteiger partial charge on any atom is 0.303 e. The Morgan fingerprint density at radius 2 is 1.35 bits per heavy atom. The third-order valence-corrected chi connectivity index (χ3v) is 7.65. The molecule has 52 heavy (non-hydrogen) atoms. The number of aliphatic hydroxyl groups is 2. The lowest BCUT2D eigenvalue weighted by atomic mass is 10.0. The molecule has 2 rings (SSSR count). The molecule has 11 N–H and O–H groups in total. The zero-order valence-corrected chi connectivity index (χ0v) is 29.0. The van der Waals surface area contributed by atoms with Crippen molar-refractivity contribution in [3.63, 3.8) is 0 Å². The van der Waals surface area contributed by atoms with Gasteiger partial charge in [0.25, 0.3) is 0 Å². The molecule has 0 radical (unpaired) electrons. The molecular weight excluding hydrogens is 682 g/mol. The molecule has 2 aromatic rings. The number of hydrogen-bond acceptors (Lipinski definition) is 10. The third-order valence-electron chi connectivity index (χ3n) is 7.65. The highest BCUT2D eigenvalue weighted by molar-refractivity contribution is 5.98. The van der Waals surface area contributed by atoms with Crippen molar-refractivity contribution in [1.82, 2.24) is 31.9 Å². The van der Waals surface area contributed by atoms with Gasteiger partial charge in [0.1, 0.15) is 24.2 Å². The summed E-state index contributed by atoms with van der Waals surface area (Å²) in [6.07, 6.45) is -1.47. The van der Waals surface area contributed by atoms with Crippen molar-refractivity contribution in [2.45, 2.75) is 70.1 Å². The van der Waals surface area contributed by atoms with Gasteiger partial charge in [-0.25, -0.2) is 0 Å². The number of fused-ring (bicyclic) bond motifs is 1. The van der Waals surface area contributed by atoms with E-state index in [0.29, 0.717) is 12.0 Å². The zero-order chi connectivity index (χ0) is 38.8. The van der Waals surface area contributed by atoms with E-state index in [1.165, 1.54) is 0 Å². The summed E-state index contributed by atoms with van der Waals surface area (Å²) in [5.41, 5.74) is 5.95. The van der Waals surface area contributed by atoms with E-state index in [2.05, 4.69) is 31.9 Å². The molecule has 2 aromatic carbocycles. The summed E-state index contributed by atoms with van der Waals surface area (Å²) < 4.78 is 0. The number of carbonyl (C=O) groups excluding carboxylic acids is 7. The number of primary amides is 1. The number of aliphatic hydroxyl groups excluding tert-OH is 2. The molecule has 2 unspecified atom stereocenters. The van der Waals surface area contributed by atoms with Gasteiger partial charge in [-0.1, -0.05) is 56.3 Å². The number of hydrogen-bond donors (Lipinski definition) is 10. The first-order valence-electron chi connectivity index (χ1n) is 16.6. The highest BCUT2D eigenvalue weighted by atomic mass is 16.4. The lowest BCUT2D eigenvalue weighted by molar-refractivity contribution is -0.139. The Morgan fingerprint density at radius 3 is 1.96 bits per heavy atom. The summed E-state index contributed by atoms with van der Waals surface area (Å²) in [5.74, 6) is -7.81. The number of carbonyl (C=O) groups is 8. The molecule has 0 heterocycles. The third kappa shape index (κ3) is 14.7. The van der Waals surface area contributed by atoms with Crippen LogP contribution in [-0.4, -0.2) is 113 Å². The van der Waals surface area contributed by atoms with E-state index in [4.69, 9.17) is 15.9 Å². The predicted molar refractivity (Wildman–Crippen MR) is 186 cm³/mol. The van der Waals surface area contributed by atoms with E-state index in [9.17, 15) is 43.5 Å². The second-order valence-electron chi connectivity index (χ2n) is 12.3. The van der Waals surface area contributed by atoms with Crippen LogP contribution in [0.25, 0.3) is 10.8 Å². The molecule has 4 atom stereocenters. The monoisotopic (exact) mass is 729 g/mol. The highest BCUT2D eigenvalue weighted by Gasteiger charge is 2.33. The number of rotatable bonds is 22. The fourth-order valence-corrected chi connectivity index (χ4v) is 4.88. The first kappa shape index (κ1) is 42.5. The minimum Gasteiger partial charge on any atom is -0.481 e. The molecule has 18 nitrogen and oxygen atoms in total. The summed E-state index contributed by atoms with van der Waals surface area (Å²) in [5, 5.41) is 43.9. The Morgan fingerprint density at radius 1 is 0.712 bits per heavy atom. The van der Waals surface area contributed by atoms with Gasteiger partial charge in [0.15, 0.2) is 0 Å². The lowest BCUT2D eigenvalue weighted by Gasteiger charge is -2.26. The van der Waals surface area contributed by atoms with Gasteiger partial charge in [-0.3, -0.25) is 38.4 Å². The van der Waals surface area contributed by atoms with E-state index in [-0.39, 0.29) is 19.6 Å². The summed E-state index contributed by atoms with van der Waals surface area (Å²) in [6.45, 7) is 1.89. The van der Waals surface area contributed by atoms with Crippen LogP contribution in [0.1, 0.15) is 45.1 Å². The Hall–Kier alpha value is -5.62. The SMILES string of the molecule is CC(C)[C@H](NC(=O)C(CO)NC(=O)[C@H](CC(N)=O)NC(=O)C(Cc1ccc2ccccc2c1)NC(=O)CCC(=O)O)C(=O)NCC(=O)NCCCO. The van der Waals surface area contributed by atoms with E-state index in [0.717, 1.165) is 10.8 Å². The Kier molecular flexibility index (Phi) is 17.6. The van der Waals surface area contributed by atoms with E-state index >= 15 is 0 Å². The van der Waals surface area contributed by atoms with Gasteiger partial charge in [-0.2, -0.15) is 0 Å². The maximum absolute atomic E-state index is 13.6. The number of aliphatic carboxylic acids is 1. The molecule has 7 amide bonds. The molecule has 284 valence electrons. The van der Waals surface area contributed by atoms with Gasteiger partial charge in [-0.15, -0.1) is 0 Å². The minimum atomic E-state index is -1.68. The van der Waals surface area contributed by atoms with Crippen LogP contribution in [0.5, 0.6) is 0 Å². The molecule has 18 heteroatoms. The van der Waals surface area contributed by atoms with Gasteiger partial charge in [-0.05, 0) is 28.7 Å². The number of amides is 7. The van der Waals surface area contributed by atoms with Crippen LogP contribution >= 0.6 is 0 Å². The number of nitrogens with one attached hydrogen (secondary N) is 6. The van der Waals surface area contributed by atoms with Crippen molar-refractivity contribution in [3.05, 3.63) is 48.0 Å². The Bertz CT molecular complexity index is 1600. The van der Waals surface area contributed by atoms with Crippen molar-refractivity contribution < 1.29 is 53.7 Å². The lowest BCUT2D eigenvalue weighted by Crippen LogP contribution is -2.60. The average Bonchev–Trinajstić information content (AvgIpc) is 3.09. The van der Waals surface area contributed by atoms with Gasteiger partial charge in [0.05, 0.1) is 26.0 Å². The first-order valence-corrected chi connectivity index (χ1v) is 16.6. The topological polar surface area (TPSA) is 295 Å². The molecule has 0 saturated heterocycles. The number of benzene rings is 2. The molecule has 0 spiro atoms. The molecule has 0 aliphatic heterocycles. The van der Waals surface area contributed by atoms with Crippen molar-refractivity contribution in [2.24, 2.45) is 11.7 Å². The van der Waals surface area contributed by atoms with Gasteiger partial charge in [0.2, 0.25) is 41.4 Å². The van der Waals surface area contributed by atoms with Crippen LogP contribution in [0.2, 0.25) is 0 Å². The van der Waals surface area contributed by atoms with Crippen LogP contribution in [0.3, 0.4) is 0 Å². The molecule has 0 aliphatic carbocycles. The second-order valence-corrected chi connectivity index (χ2v) is 12.3. The van der Waals surface area contributed by atoms with Crippen LogP contribution in [-0.2, 0) is 44.8 Å². The van der Waals surface area contributed by atoms with Crippen LogP contribution in [0.15, 0.2) is 42.5 Å². The minimum absolute atomic E-state index is 0.0922. The Labute approximate surface area is 299 Å². The Balaban J connectivity index is 2.20. The summed E-state index contributed by atoms with van der Waals surface area (Å²) >= 11 is 0. The fourth-order valence-electron chi connectivity index (χ4n) is 4.88. The molecular formula is C34H47N7O11. The number of carboxylic acids is 1. The van der Waals surface area contributed by atoms with Crippen LogP contribution in [0, 0.1) is 5.92 Å². The quantitative estimate of drug-likeness (QED) is 0.0558.